The van der Waals surface area contributed by atoms with Gasteiger partial charge in [0.2, 0.25) is 5.91 Å². The van der Waals surface area contributed by atoms with Crippen molar-refractivity contribution < 1.29 is 9.59 Å². The number of likely N-dealkylation sites (tertiary alicyclic amines) is 1. The van der Waals surface area contributed by atoms with Gasteiger partial charge in [-0.15, -0.1) is 12.4 Å². The zero-order valence-electron chi connectivity index (χ0n) is 16.3. The van der Waals surface area contributed by atoms with Gasteiger partial charge in [-0.3, -0.25) is 4.79 Å². The highest BCUT2D eigenvalue weighted by Crippen LogP contribution is 2.59. The van der Waals surface area contributed by atoms with Crippen molar-refractivity contribution in [3.8, 4) is 0 Å². The van der Waals surface area contributed by atoms with Crippen LogP contribution >= 0.6 is 12.4 Å². The number of amides is 3. The summed E-state index contributed by atoms with van der Waals surface area (Å²) in [7, 11) is 0. The quantitative estimate of drug-likeness (QED) is 0.719. The summed E-state index contributed by atoms with van der Waals surface area (Å²) < 4.78 is 0. The molecule has 2 saturated heterocycles. The second-order valence-electron chi connectivity index (χ2n) is 8.25. The molecule has 3 aliphatic rings. The predicted molar refractivity (Wildman–Crippen MR) is 113 cm³/mol. The number of halogens is 1. The largest absolute Gasteiger partial charge is 0.338 e. The smallest absolute Gasteiger partial charge is 0.319 e. The average molecular weight is 407 g/mol. The van der Waals surface area contributed by atoms with E-state index in [0.29, 0.717) is 12.5 Å². The molecule has 3 amide bonds. The summed E-state index contributed by atoms with van der Waals surface area (Å²) in [5.74, 6) is 0.533. The Hall–Kier alpha value is -1.79. The number of hydrogen-bond donors (Lipinski definition) is 3. The van der Waals surface area contributed by atoms with Crippen molar-refractivity contribution in [2.75, 3.05) is 31.5 Å². The lowest BCUT2D eigenvalue weighted by Crippen LogP contribution is -2.51. The summed E-state index contributed by atoms with van der Waals surface area (Å²) >= 11 is 0. The Balaban J connectivity index is 0.00000225. The number of rotatable bonds is 4. The minimum atomic E-state index is -0.208. The molecule has 1 aromatic rings. The van der Waals surface area contributed by atoms with Crippen molar-refractivity contribution in [2.24, 2.45) is 11.3 Å². The van der Waals surface area contributed by atoms with Crippen LogP contribution in [0.25, 0.3) is 0 Å². The number of anilines is 1. The van der Waals surface area contributed by atoms with E-state index in [2.05, 4.69) is 20.9 Å². The summed E-state index contributed by atoms with van der Waals surface area (Å²) in [6.45, 7) is 3.42. The molecule has 154 valence electrons. The first-order valence-corrected chi connectivity index (χ1v) is 10.3. The molecule has 2 unspecified atom stereocenters. The zero-order valence-corrected chi connectivity index (χ0v) is 17.1. The van der Waals surface area contributed by atoms with Crippen LogP contribution in [0.5, 0.6) is 0 Å². The third-order valence-corrected chi connectivity index (χ3v) is 6.53. The summed E-state index contributed by atoms with van der Waals surface area (Å²) in [5, 5.41) is 9.21. The number of benzene rings is 1. The van der Waals surface area contributed by atoms with Gasteiger partial charge in [0.05, 0.1) is 0 Å². The monoisotopic (exact) mass is 406 g/mol. The van der Waals surface area contributed by atoms with E-state index >= 15 is 0 Å². The molecule has 3 N–H and O–H groups in total. The van der Waals surface area contributed by atoms with Crippen LogP contribution in [0.15, 0.2) is 30.3 Å². The molecule has 3 fully saturated rings. The molecule has 2 heterocycles. The summed E-state index contributed by atoms with van der Waals surface area (Å²) in [4.78, 5) is 27.4. The normalized spacial score (nSPS) is 25.5. The standard InChI is InChI=1S/C21H30N4O2.ClH/c26-19(18-14-21(18)9-11-22-12-10-21)25-13-5-4-8-17(25)15-23-20(27)24-16-6-2-1-3-7-16;/h1-3,6-7,17-18,22H,4-5,8-15H2,(H2,23,24,27);1H. The Labute approximate surface area is 173 Å². The van der Waals surface area contributed by atoms with Gasteiger partial charge in [0.25, 0.3) is 0 Å². The van der Waals surface area contributed by atoms with Crippen molar-refractivity contribution in [2.45, 2.75) is 44.6 Å². The van der Waals surface area contributed by atoms with E-state index in [0.717, 1.165) is 63.8 Å². The van der Waals surface area contributed by atoms with Gasteiger partial charge in [0.1, 0.15) is 0 Å². The Bertz CT molecular complexity index is 678. The van der Waals surface area contributed by atoms with Gasteiger partial charge in [-0.05, 0) is 69.2 Å². The van der Waals surface area contributed by atoms with E-state index in [-0.39, 0.29) is 35.8 Å². The number of carbonyl (C=O) groups is 2. The van der Waals surface area contributed by atoms with Crippen LogP contribution in [0.2, 0.25) is 0 Å². The highest BCUT2D eigenvalue weighted by molar-refractivity contribution is 5.89. The second kappa shape index (κ2) is 9.14. The van der Waals surface area contributed by atoms with Crippen LogP contribution < -0.4 is 16.0 Å². The molecule has 1 aromatic carbocycles. The topological polar surface area (TPSA) is 73.5 Å². The first-order chi connectivity index (χ1) is 13.2. The third kappa shape index (κ3) is 4.61. The lowest BCUT2D eigenvalue weighted by atomic mass is 9.91. The molecule has 6 nitrogen and oxygen atoms in total. The first kappa shape index (κ1) is 20.9. The van der Waals surface area contributed by atoms with E-state index in [9.17, 15) is 9.59 Å². The molecule has 1 saturated carbocycles. The van der Waals surface area contributed by atoms with Gasteiger partial charge < -0.3 is 20.9 Å². The van der Waals surface area contributed by atoms with E-state index in [1.165, 1.54) is 0 Å². The number of nitrogens with zero attached hydrogens (tertiary/aromatic N) is 1. The lowest BCUT2D eigenvalue weighted by molar-refractivity contribution is -0.137. The van der Waals surface area contributed by atoms with Crippen molar-refractivity contribution in [1.29, 1.82) is 0 Å². The number of hydrogen-bond acceptors (Lipinski definition) is 3. The van der Waals surface area contributed by atoms with Crippen LogP contribution in [-0.4, -0.2) is 49.1 Å². The van der Waals surface area contributed by atoms with Crippen molar-refractivity contribution in [3.05, 3.63) is 30.3 Å². The number of urea groups is 1. The van der Waals surface area contributed by atoms with Crippen molar-refractivity contribution in [3.63, 3.8) is 0 Å². The van der Waals surface area contributed by atoms with E-state index in [1.807, 2.05) is 30.3 Å². The van der Waals surface area contributed by atoms with Crippen molar-refractivity contribution in [1.82, 2.24) is 15.5 Å². The summed E-state index contributed by atoms with van der Waals surface area (Å²) in [5.41, 5.74) is 1.04. The molecule has 7 heteroatoms. The van der Waals surface area contributed by atoms with Gasteiger partial charge in [-0.1, -0.05) is 18.2 Å². The van der Waals surface area contributed by atoms with Crippen LogP contribution in [0, 0.1) is 11.3 Å². The van der Waals surface area contributed by atoms with Crippen LogP contribution in [0.3, 0.4) is 0 Å². The fraction of sp³-hybridized carbons (Fsp3) is 0.619. The maximum atomic E-state index is 13.2. The van der Waals surface area contributed by atoms with Crippen LogP contribution in [-0.2, 0) is 4.79 Å². The predicted octanol–water partition coefficient (Wildman–Crippen LogP) is 3.00. The average Bonchev–Trinajstić information content (AvgIpc) is 3.40. The van der Waals surface area contributed by atoms with Crippen LogP contribution in [0.4, 0.5) is 10.5 Å². The van der Waals surface area contributed by atoms with Gasteiger partial charge in [0.15, 0.2) is 0 Å². The van der Waals surface area contributed by atoms with Gasteiger partial charge >= 0.3 is 6.03 Å². The maximum absolute atomic E-state index is 13.2. The Morgan fingerprint density at radius 2 is 1.89 bits per heavy atom. The molecule has 2 atom stereocenters. The van der Waals surface area contributed by atoms with Gasteiger partial charge in [-0.25, -0.2) is 4.79 Å². The maximum Gasteiger partial charge on any atom is 0.319 e. The number of piperidine rings is 2. The SMILES string of the molecule is Cl.O=C(NCC1CCCCN1C(=O)C1CC12CCNCC2)Nc1ccccc1. The minimum absolute atomic E-state index is 0. The van der Waals surface area contributed by atoms with E-state index < -0.39 is 0 Å². The lowest BCUT2D eigenvalue weighted by Gasteiger charge is -2.37. The van der Waals surface area contributed by atoms with Crippen molar-refractivity contribution >= 4 is 30.0 Å². The summed E-state index contributed by atoms with van der Waals surface area (Å²) in [6.07, 6.45) is 6.46. The number of carbonyl (C=O) groups excluding carboxylic acids is 2. The molecule has 2 aliphatic heterocycles. The third-order valence-electron chi connectivity index (χ3n) is 6.53. The Morgan fingerprint density at radius 1 is 1.14 bits per heavy atom. The molecule has 1 aliphatic carbocycles. The molecule has 1 spiro atoms. The minimum Gasteiger partial charge on any atom is -0.338 e. The highest BCUT2D eigenvalue weighted by Gasteiger charge is 2.59. The molecular weight excluding hydrogens is 376 g/mol. The fourth-order valence-electron chi connectivity index (χ4n) is 4.78. The second-order valence-corrected chi connectivity index (χ2v) is 8.25. The number of nitrogens with one attached hydrogen (secondary N) is 3. The molecule has 0 aromatic heterocycles. The van der Waals surface area contributed by atoms with Crippen LogP contribution in [0.1, 0.15) is 38.5 Å². The molecule has 0 radical (unpaired) electrons. The van der Waals surface area contributed by atoms with Gasteiger partial charge in [-0.2, -0.15) is 0 Å². The molecule has 0 bridgehead atoms. The van der Waals surface area contributed by atoms with Gasteiger partial charge in [0, 0.05) is 30.7 Å². The zero-order chi connectivity index (χ0) is 18.7. The molecule has 28 heavy (non-hydrogen) atoms. The highest BCUT2D eigenvalue weighted by atomic mass is 35.5. The summed E-state index contributed by atoms with van der Waals surface area (Å²) in [6, 6.07) is 9.34. The number of para-hydroxylation sites is 1. The first-order valence-electron chi connectivity index (χ1n) is 10.3. The van der Waals surface area contributed by atoms with E-state index in [4.69, 9.17) is 0 Å². The van der Waals surface area contributed by atoms with E-state index in [1.54, 1.807) is 0 Å². The fourth-order valence-corrected chi connectivity index (χ4v) is 4.78. The Morgan fingerprint density at radius 3 is 2.64 bits per heavy atom. The molecule has 4 rings (SSSR count). The Kier molecular flexibility index (Phi) is 6.83. The molecular formula is C21H31ClN4O2.